The van der Waals surface area contributed by atoms with E-state index >= 15 is 0 Å². The summed E-state index contributed by atoms with van der Waals surface area (Å²) in [6.07, 6.45) is 0.771. The Bertz CT molecular complexity index is 1110. The van der Waals surface area contributed by atoms with Crippen molar-refractivity contribution in [3.05, 3.63) is 59.1 Å². The number of hydrogen-bond donors (Lipinski definition) is 1. The highest BCUT2D eigenvalue weighted by atomic mass is 35.5. The molecule has 2 aromatic rings. The van der Waals surface area contributed by atoms with E-state index < -0.39 is 39.9 Å². The van der Waals surface area contributed by atoms with Crippen LogP contribution in [0.25, 0.3) is 0 Å². The van der Waals surface area contributed by atoms with Gasteiger partial charge in [0.2, 0.25) is 0 Å². The van der Waals surface area contributed by atoms with Crippen LogP contribution in [0, 0.1) is 0 Å². The molecule has 0 spiro atoms. The summed E-state index contributed by atoms with van der Waals surface area (Å²) in [5, 5.41) is 3.86. The highest BCUT2D eigenvalue weighted by molar-refractivity contribution is 7.92. The van der Waals surface area contributed by atoms with Gasteiger partial charge in [-0.15, -0.1) is 0 Å². The lowest BCUT2D eigenvalue weighted by Crippen LogP contribution is -2.40. The summed E-state index contributed by atoms with van der Waals surface area (Å²) in [5.41, 5.74) is 1.61. The largest absolute Gasteiger partial charge is 0.416 e. The molecule has 11 heteroatoms. The quantitative estimate of drug-likeness (QED) is 0.426. The molecule has 0 unspecified atom stereocenters. The molecule has 6 nitrogen and oxygen atoms in total. The Morgan fingerprint density at radius 3 is 2.27 bits per heavy atom. The highest BCUT2D eigenvalue weighted by Gasteiger charge is 2.34. The Morgan fingerprint density at radius 2 is 1.67 bits per heavy atom. The molecule has 1 amide bonds. The SMILES string of the molecule is O=C(CN(c1cc(C(F)(F)F)ccc1Cl)S(=O)(=O)c1ccccc1)NN=C1CCCCCC1. The second kappa shape index (κ2) is 10.6. The van der Waals surface area contributed by atoms with Crippen molar-refractivity contribution >= 4 is 38.9 Å². The van der Waals surface area contributed by atoms with E-state index in [-0.39, 0.29) is 9.92 Å². The van der Waals surface area contributed by atoms with E-state index in [1.165, 1.54) is 24.3 Å². The molecular weight excluding hydrogens is 479 g/mol. The van der Waals surface area contributed by atoms with Gasteiger partial charge in [0.1, 0.15) is 6.54 Å². The number of hydrogen-bond acceptors (Lipinski definition) is 4. The Hall–Kier alpha value is -2.59. The number of rotatable bonds is 6. The zero-order chi connectivity index (χ0) is 24.1. The number of anilines is 1. The molecule has 0 bridgehead atoms. The number of halogens is 4. The fraction of sp³-hybridized carbons (Fsp3) is 0.364. The third-order valence-electron chi connectivity index (χ3n) is 5.18. The molecule has 1 aliphatic carbocycles. The van der Waals surface area contributed by atoms with Crippen LogP contribution >= 0.6 is 11.6 Å². The number of amides is 1. The van der Waals surface area contributed by atoms with Crippen molar-refractivity contribution < 1.29 is 26.4 Å². The minimum Gasteiger partial charge on any atom is -0.271 e. The molecule has 2 aromatic carbocycles. The molecule has 0 radical (unpaired) electrons. The Labute approximate surface area is 195 Å². The van der Waals surface area contributed by atoms with Gasteiger partial charge in [0.15, 0.2) is 0 Å². The van der Waals surface area contributed by atoms with E-state index in [4.69, 9.17) is 11.6 Å². The van der Waals surface area contributed by atoms with Crippen LogP contribution in [0.4, 0.5) is 18.9 Å². The van der Waals surface area contributed by atoms with E-state index in [0.29, 0.717) is 10.4 Å². The summed E-state index contributed by atoms with van der Waals surface area (Å²) in [6.45, 7) is -0.797. The smallest absolute Gasteiger partial charge is 0.271 e. The maximum atomic E-state index is 13.3. The number of carbonyl (C=O) groups excluding carboxylic acids is 1. The number of carbonyl (C=O) groups is 1. The monoisotopic (exact) mass is 501 g/mol. The molecular formula is C22H23ClF3N3O3S. The average Bonchev–Trinajstić information content (AvgIpc) is 3.05. The molecule has 1 N–H and O–H groups in total. The van der Waals surface area contributed by atoms with Crippen LogP contribution < -0.4 is 9.73 Å². The van der Waals surface area contributed by atoms with Gasteiger partial charge in [0.05, 0.1) is 21.2 Å². The van der Waals surface area contributed by atoms with Gasteiger partial charge in [-0.1, -0.05) is 42.6 Å². The Kier molecular flexibility index (Phi) is 8.01. The number of alkyl halides is 3. The zero-order valence-electron chi connectivity index (χ0n) is 17.6. The van der Waals surface area contributed by atoms with Crippen LogP contribution in [0.1, 0.15) is 44.1 Å². The predicted octanol–water partition coefficient (Wildman–Crippen LogP) is 5.38. The molecule has 0 atom stereocenters. The number of sulfonamides is 1. The van der Waals surface area contributed by atoms with E-state index in [1.54, 1.807) is 6.07 Å². The first kappa shape index (κ1) is 25.0. The molecule has 3 rings (SSSR count). The van der Waals surface area contributed by atoms with Crippen molar-refractivity contribution in [2.24, 2.45) is 5.10 Å². The maximum Gasteiger partial charge on any atom is 0.416 e. The van der Waals surface area contributed by atoms with Gasteiger partial charge in [0, 0.05) is 5.71 Å². The third-order valence-corrected chi connectivity index (χ3v) is 7.27. The minimum absolute atomic E-state index is 0.193. The molecule has 0 aliphatic heterocycles. The van der Waals surface area contributed by atoms with Crippen molar-refractivity contribution in [2.75, 3.05) is 10.8 Å². The van der Waals surface area contributed by atoms with Gasteiger partial charge < -0.3 is 0 Å². The molecule has 0 aromatic heterocycles. The summed E-state index contributed by atoms with van der Waals surface area (Å²) >= 11 is 6.10. The number of nitrogens with one attached hydrogen (secondary N) is 1. The number of nitrogens with zero attached hydrogens (tertiary/aromatic N) is 2. The van der Waals surface area contributed by atoms with Crippen LogP contribution in [0.2, 0.25) is 5.02 Å². The lowest BCUT2D eigenvalue weighted by molar-refractivity contribution is -0.137. The fourth-order valence-electron chi connectivity index (χ4n) is 3.46. The third kappa shape index (κ3) is 6.48. The fourth-order valence-corrected chi connectivity index (χ4v) is 5.18. The van der Waals surface area contributed by atoms with Crippen molar-refractivity contribution in [3.63, 3.8) is 0 Å². The molecule has 1 aliphatic rings. The van der Waals surface area contributed by atoms with Crippen LogP contribution in [0.5, 0.6) is 0 Å². The average molecular weight is 502 g/mol. The molecule has 0 heterocycles. The van der Waals surface area contributed by atoms with Gasteiger partial charge in [0.25, 0.3) is 15.9 Å². The van der Waals surface area contributed by atoms with Gasteiger partial charge in [-0.25, -0.2) is 13.8 Å². The topological polar surface area (TPSA) is 78.8 Å². The lowest BCUT2D eigenvalue weighted by atomic mass is 10.2. The first-order valence-electron chi connectivity index (χ1n) is 10.4. The number of benzene rings is 2. The van der Waals surface area contributed by atoms with Gasteiger partial charge in [-0.2, -0.15) is 18.3 Å². The standard InChI is InChI=1S/C22H23ClF3N3O3S/c23-19-13-12-16(22(24,25)26)14-20(19)29(33(31,32)18-10-6-3-7-11-18)15-21(30)28-27-17-8-4-1-2-5-9-17/h3,6-7,10-14H,1-2,4-5,8-9,15H2,(H,28,30). The van der Waals surface area contributed by atoms with Gasteiger partial charge in [-0.3, -0.25) is 9.10 Å². The second-order valence-electron chi connectivity index (χ2n) is 7.62. The second-order valence-corrected chi connectivity index (χ2v) is 9.89. The van der Waals surface area contributed by atoms with Crippen molar-refractivity contribution in [2.45, 2.75) is 49.6 Å². The molecule has 33 heavy (non-hydrogen) atoms. The lowest BCUT2D eigenvalue weighted by Gasteiger charge is -2.25. The van der Waals surface area contributed by atoms with Crippen LogP contribution in [0.15, 0.2) is 58.5 Å². The van der Waals surface area contributed by atoms with Crippen molar-refractivity contribution in [3.8, 4) is 0 Å². The predicted molar refractivity (Wildman–Crippen MR) is 121 cm³/mol. The van der Waals surface area contributed by atoms with E-state index in [9.17, 15) is 26.4 Å². The maximum absolute atomic E-state index is 13.3. The first-order chi connectivity index (χ1) is 15.6. The highest BCUT2D eigenvalue weighted by Crippen LogP contribution is 2.37. The summed E-state index contributed by atoms with van der Waals surface area (Å²) in [5.74, 6) is -0.792. The summed E-state index contributed by atoms with van der Waals surface area (Å²) in [6, 6.07) is 9.42. The minimum atomic E-state index is -4.73. The van der Waals surface area contributed by atoms with Crippen LogP contribution in [0.3, 0.4) is 0 Å². The van der Waals surface area contributed by atoms with Crippen molar-refractivity contribution in [1.82, 2.24) is 5.43 Å². The van der Waals surface area contributed by atoms with Gasteiger partial charge in [-0.05, 0) is 56.0 Å². The van der Waals surface area contributed by atoms with Crippen LogP contribution in [-0.2, 0) is 21.0 Å². The van der Waals surface area contributed by atoms with Crippen molar-refractivity contribution in [1.29, 1.82) is 0 Å². The molecule has 0 saturated heterocycles. The van der Waals surface area contributed by atoms with E-state index in [0.717, 1.165) is 56.4 Å². The van der Waals surface area contributed by atoms with E-state index in [1.807, 2.05) is 0 Å². The number of hydrazone groups is 1. The first-order valence-corrected chi connectivity index (χ1v) is 12.2. The summed E-state index contributed by atoms with van der Waals surface area (Å²) in [4.78, 5) is 12.4. The van der Waals surface area contributed by atoms with Gasteiger partial charge >= 0.3 is 6.18 Å². The molecule has 1 fully saturated rings. The normalized spacial score (nSPS) is 15.0. The summed E-state index contributed by atoms with van der Waals surface area (Å²) < 4.78 is 67.1. The van der Waals surface area contributed by atoms with E-state index in [2.05, 4.69) is 10.5 Å². The van der Waals surface area contributed by atoms with Crippen LogP contribution in [-0.4, -0.2) is 26.6 Å². The molecule has 1 saturated carbocycles. The Balaban J connectivity index is 1.96. The summed E-state index contributed by atoms with van der Waals surface area (Å²) in [7, 11) is -4.41. The zero-order valence-corrected chi connectivity index (χ0v) is 19.2. The Morgan fingerprint density at radius 1 is 1.03 bits per heavy atom. The molecule has 178 valence electrons.